The summed E-state index contributed by atoms with van der Waals surface area (Å²) in [4.78, 5) is 11.7. The summed E-state index contributed by atoms with van der Waals surface area (Å²) >= 11 is 0. The lowest BCUT2D eigenvalue weighted by Gasteiger charge is -2.18. The number of amides is 1. The van der Waals surface area contributed by atoms with Crippen molar-refractivity contribution in [2.45, 2.75) is 26.3 Å². The molecule has 7 heteroatoms. The molecule has 0 aliphatic heterocycles. The first-order valence-corrected chi connectivity index (χ1v) is 8.02. The van der Waals surface area contributed by atoms with Crippen LogP contribution in [0.3, 0.4) is 0 Å². The van der Waals surface area contributed by atoms with Gasteiger partial charge in [-0.25, -0.2) is 8.42 Å². The Labute approximate surface area is 113 Å². The van der Waals surface area contributed by atoms with Gasteiger partial charge in [-0.3, -0.25) is 4.79 Å². The summed E-state index contributed by atoms with van der Waals surface area (Å²) in [5.74, 6) is 0.297. The van der Waals surface area contributed by atoms with E-state index in [2.05, 4.69) is 5.32 Å². The lowest BCUT2D eigenvalue weighted by molar-refractivity contribution is -0.121. The standard InChI is InChI=1S/C12H20N2O4S/c1-3-4-7-14(19(2,16)17)10-12(15)13-9-11-6-5-8-18-11/h5-6,8H,3-4,7,9-10H2,1-2H3,(H,13,15). The SMILES string of the molecule is CCCCN(CC(=O)NCc1ccco1)S(C)(=O)=O. The fourth-order valence-corrected chi connectivity index (χ4v) is 2.32. The summed E-state index contributed by atoms with van der Waals surface area (Å²) in [7, 11) is -3.36. The molecule has 0 bridgehead atoms. The van der Waals surface area contributed by atoms with Crippen LogP contribution in [-0.2, 0) is 21.4 Å². The van der Waals surface area contributed by atoms with Gasteiger partial charge in [0.15, 0.2) is 0 Å². The second-order valence-corrected chi connectivity index (χ2v) is 6.29. The van der Waals surface area contributed by atoms with Crippen molar-refractivity contribution in [2.24, 2.45) is 0 Å². The summed E-state index contributed by atoms with van der Waals surface area (Å²) < 4.78 is 29.3. The Morgan fingerprint density at radius 3 is 2.74 bits per heavy atom. The maximum absolute atomic E-state index is 11.7. The minimum atomic E-state index is -3.36. The predicted molar refractivity (Wildman–Crippen MR) is 71.9 cm³/mol. The van der Waals surface area contributed by atoms with E-state index in [0.717, 1.165) is 19.1 Å². The topological polar surface area (TPSA) is 79.6 Å². The van der Waals surface area contributed by atoms with Crippen LogP contribution in [-0.4, -0.2) is 38.0 Å². The van der Waals surface area contributed by atoms with Gasteiger partial charge in [0, 0.05) is 6.54 Å². The van der Waals surface area contributed by atoms with Gasteiger partial charge in [-0.2, -0.15) is 4.31 Å². The fraction of sp³-hybridized carbons (Fsp3) is 0.583. The quantitative estimate of drug-likeness (QED) is 0.772. The minimum Gasteiger partial charge on any atom is -0.467 e. The molecule has 1 aromatic heterocycles. The van der Waals surface area contributed by atoms with Crippen LogP contribution >= 0.6 is 0 Å². The van der Waals surface area contributed by atoms with Gasteiger partial charge in [0.2, 0.25) is 15.9 Å². The Hall–Kier alpha value is -1.34. The second kappa shape index (κ2) is 7.30. The average Bonchev–Trinajstić information content (AvgIpc) is 2.83. The molecule has 1 amide bonds. The second-order valence-electron chi connectivity index (χ2n) is 4.31. The Morgan fingerprint density at radius 2 is 2.21 bits per heavy atom. The van der Waals surface area contributed by atoms with Crippen molar-refractivity contribution in [2.75, 3.05) is 19.3 Å². The molecular formula is C12H20N2O4S. The molecule has 0 aliphatic rings. The molecule has 19 heavy (non-hydrogen) atoms. The average molecular weight is 288 g/mol. The normalized spacial score (nSPS) is 11.7. The number of sulfonamides is 1. The van der Waals surface area contributed by atoms with E-state index >= 15 is 0 Å². The Bertz CT molecular complexity index is 482. The van der Waals surface area contributed by atoms with Crippen LogP contribution in [0.25, 0.3) is 0 Å². The number of nitrogens with one attached hydrogen (secondary N) is 1. The highest BCUT2D eigenvalue weighted by Crippen LogP contribution is 2.02. The van der Waals surface area contributed by atoms with E-state index in [0.29, 0.717) is 12.3 Å². The van der Waals surface area contributed by atoms with E-state index in [1.165, 1.54) is 10.6 Å². The minimum absolute atomic E-state index is 0.153. The molecule has 0 radical (unpaired) electrons. The van der Waals surface area contributed by atoms with Crippen molar-refractivity contribution in [3.63, 3.8) is 0 Å². The maximum Gasteiger partial charge on any atom is 0.235 e. The lowest BCUT2D eigenvalue weighted by atomic mass is 10.3. The molecule has 0 aliphatic carbocycles. The molecule has 0 atom stereocenters. The van der Waals surface area contributed by atoms with Crippen LogP contribution in [0.2, 0.25) is 0 Å². The van der Waals surface area contributed by atoms with Crippen LogP contribution in [0.1, 0.15) is 25.5 Å². The fourth-order valence-electron chi connectivity index (χ4n) is 1.51. The van der Waals surface area contributed by atoms with Crippen molar-refractivity contribution in [3.05, 3.63) is 24.2 Å². The highest BCUT2D eigenvalue weighted by Gasteiger charge is 2.19. The molecule has 0 saturated heterocycles. The van der Waals surface area contributed by atoms with Gasteiger partial charge in [0.25, 0.3) is 0 Å². The summed E-state index contributed by atoms with van der Waals surface area (Å²) in [5.41, 5.74) is 0. The van der Waals surface area contributed by atoms with Crippen molar-refractivity contribution in [3.8, 4) is 0 Å². The molecule has 1 rings (SSSR count). The molecule has 6 nitrogen and oxygen atoms in total. The van der Waals surface area contributed by atoms with Crippen molar-refractivity contribution in [1.29, 1.82) is 0 Å². The molecule has 108 valence electrons. The Morgan fingerprint density at radius 1 is 1.47 bits per heavy atom. The van der Waals surface area contributed by atoms with E-state index in [4.69, 9.17) is 4.42 Å². The van der Waals surface area contributed by atoms with Crippen molar-refractivity contribution in [1.82, 2.24) is 9.62 Å². The summed E-state index contributed by atoms with van der Waals surface area (Å²) in [6, 6.07) is 3.47. The first-order chi connectivity index (χ1) is 8.93. The van der Waals surface area contributed by atoms with E-state index in [9.17, 15) is 13.2 Å². The number of carbonyl (C=O) groups is 1. The van der Waals surface area contributed by atoms with E-state index in [1.807, 2.05) is 6.92 Å². The zero-order valence-corrected chi connectivity index (χ0v) is 12.1. The molecule has 0 unspecified atom stereocenters. The highest BCUT2D eigenvalue weighted by atomic mass is 32.2. The third-order valence-corrected chi connectivity index (χ3v) is 3.84. The van der Waals surface area contributed by atoms with E-state index < -0.39 is 10.0 Å². The molecule has 0 spiro atoms. The summed E-state index contributed by atoms with van der Waals surface area (Å²) in [6.07, 6.45) is 4.24. The van der Waals surface area contributed by atoms with Crippen molar-refractivity contribution < 1.29 is 17.6 Å². The van der Waals surface area contributed by atoms with Gasteiger partial charge >= 0.3 is 0 Å². The predicted octanol–water partition coefficient (Wildman–Crippen LogP) is 0.957. The summed E-state index contributed by atoms with van der Waals surface area (Å²) in [6.45, 7) is 2.44. The molecule has 1 heterocycles. The van der Waals surface area contributed by atoms with Gasteiger partial charge in [0.05, 0.1) is 25.6 Å². The molecule has 0 aromatic carbocycles. The summed E-state index contributed by atoms with van der Waals surface area (Å²) in [5, 5.41) is 2.63. The number of nitrogens with zero attached hydrogens (tertiary/aromatic N) is 1. The Balaban J connectivity index is 2.46. The van der Waals surface area contributed by atoms with Crippen LogP contribution in [0, 0.1) is 0 Å². The number of carbonyl (C=O) groups excluding carboxylic acids is 1. The smallest absolute Gasteiger partial charge is 0.235 e. The van der Waals surface area contributed by atoms with Gasteiger partial charge in [0.1, 0.15) is 5.76 Å². The van der Waals surface area contributed by atoms with E-state index in [1.54, 1.807) is 12.1 Å². The highest BCUT2D eigenvalue weighted by molar-refractivity contribution is 7.88. The zero-order valence-electron chi connectivity index (χ0n) is 11.3. The third-order valence-electron chi connectivity index (χ3n) is 2.59. The number of hydrogen-bond donors (Lipinski definition) is 1. The lowest BCUT2D eigenvalue weighted by Crippen LogP contribution is -2.40. The number of hydrogen-bond acceptors (Lipinski definition) is 4. The number of rotatable bonds is 8. The Kier molecular flexibility index (Phi) is 6.04. The molecular weight excluding hydrogens is 268 g/mol. The van der Waals surface area contributed by atoms with Crippen molar-refractivity contribution >= 4 is 15.9 Å². The van der Waals surface area contributed by atoms with Gasteiger partial charge < -0.3 is 9.73 Å². The van der Waals surface area contributed by atoms with Gasteiger partial charge in [-0.15, -0.1) is 0 Å². The van der Waals surface area contributed by atoms with Crippen LogP contribution in [0.5, 0.6) is 0 Å². The largest absolute Gasteiger partial charge is 0.467 e. The molecule has 0 fully saturated rings. The van der Waals surface area contributed by atoms with Crippen LogP contribution in [0.15, 0.2) is 22.8 Å². The molecule has 1 N–H and O–H groups in total. The maximum atomic E-state index is 11.7. The molecule has 1 aromatic rings. The van der Waals surface area contributed by atoms with Crippen LogP contribution in [0.4, 0.5) is 0 Å². The van der Waals surface area contributed by atoms with Gasteiger partial charge in [-0.05, 0) is 18.6 Å². The van der Waals surface area contributed by atoms with Crippen LogP contribution < -0.4 is 5.32 Å². The molecule has 0 saturated carbocycles. The number of furan rings is 1. The zero-order chi connectivity index (χ0) is 14.3. The van der Waals surface area contributed by atoms with E-state index in [-0.39, 0.29) is 19.0 Å². The first kappa shape index (κ1) is 15.7. The monoisotopic (exact) mass is 288 g/mol. The third kappa shape index (κ3) is 5.89. The number of unbranched alkanes of at least 4 members (excludes halogenated alkanes) is 1. The first-order valence-electron chi connectivity index (χ1n) is 6.17. The van der Waals surface area contributed by atoms with Gasteiger partial charge in [-0.1, -0.05) is 13.3 Å².